The van der Waals surface area contributed by atoms with Gasteiger partial charge in [-0.25, -0.2) is 4.98 Å². The quantitative estimate of drug-likeness (QED) is 0.779. The number of pyridine rings is 1. The van der Waals surface area contributed by atoms with Crippen LogP contribution in [-0.4, -0.2) is 34.1 Å². The van der Waals surface area contributed by atoms with Crippen LogP contribution >= 0.6 is 11.6 Å². The molecule has 2 fully saturated rings. The SMILES string of the molecule is CN1C2CCC1CC(O)(c1ccc(Cl)nc1)C2. The zero-order valence-electron chi connectivity index (χ0n) is 9.93. The average Bonchev–Trinajstić information content (AvgIpc) is 2.53. The standard InChI is InChI=1S/C13H17ClN2O/c1-16-10-3-4-11(16)7-13(17,6-10)9-2-5-12(14)15-8-9/h2,5,8,10-11,17H,3-4,6-7H2,1H3. The summed E-state index contributed by atoms with van der Waals surface area (Å²) in [5.74, 6) is 0. The molecule has 1 N–H and O–H groups in total. The summed E-state index contributed by atoms with van der Waals surface area (Å²) < 4.78 is 0. The summed E-state index contributed by atoms with van der Waals surface area (Å²) in [7, 11) is 2.17. The summed E-state index contributed by atoms with van der Waals surface area (Å²) in [6.07, 6.45) is 5.73. The second kappa shape index (κ2) is 3.94. The van der Waals surface area contributed by atoms with Crippen LogP contribution in [0, 0.1) is 0 Å². The molecule has 0 saturated carbocycles. The number of hydrogen-bond donors (Lipinski definition) is 1. The predicted octanol–water partition coefficient (Wildman–Crippen LogP) is 2.18. The second-order valence-electron chi connectivity index (χ2n) is 5.36. The van der Waals surface area contributed by atoms with Crippen molar-refractivity contribution < 1.29 is 5.11 Å². The van der Waals surface area contributed by atoms with Gasteiger partial charge in [0.05, 0.1) is 5.60 Å². The Kier molecular flexibility index (Phi) is 2.65. The van der Waals surface area contributed by atoms with Crippen LogP contribution in [-0.2, 0) is 5.60 Å². The minimum Gasteiger partial charge on any atom is -0.385 e. The van der Waals surface area contributed by atoms with Gasteiger partial charge in [0.25, 0.3) is 0 Å². The molecule has 3 nitrogen and oxygen atoms in total. The molecule has 2 saturated heterocycles. The van der Waals surface area contributed by atoms with E-state index in [4.69, 9.17) is 11.6 Å². The van der Waals surface area contributed by atoms with Crippen LogP contribution in [0.4, 0.5) is 0 Å². The maximum atomic E-state index is 10.8. The topological polar surface area (TPSA) is 36.4 Å². The number of fused-ring (bicyclic) bond motifs is 2. The van der Waals surface area contributed by atoms with Gasteiger partial charge in [-0.3, -0.25) is 0 Å². The lowest BCUT2D eigenvalue weighted by Gasteiger charge is -2.42. The fraction of sp³-hybridized carbons (Fsp3) is 0.615. The lowest BCUT2D eigenvalue weighted by atomic mass is 9.81. The van der Waals surface area contributed by atoms with E-state index < -0.39 is 5.60 Å². The third-order valence-corrected chi connectivity index (χ3v) is 4.62. The van der Waals surface area contributed by atoms with Crippen molar-refractivity contribution >= 4 is 11.6 Å². The minimum absolute atomic E-state index is 0.480. The second-order valence-corrected chi connectivity index (χ2v) is 5.75. The van der Waals surface area contributed by atoms with Gasteiger partial charge in [0, 0.05) is 23.8 Å². The normalized spacial score (nSPS) is 37.4. The van der Waals surface area contributed by atoms with E-state index in [2.05, 4.69) is 16.9 Å². The van der Waals surface area contributed by atoms with E-state index in [0.717, 1.165) is 18.4 Å². The lowest BCUT2D eigenvalue weighted by molar-refractivity contribution is -0.0495. The van der Waals surface area contributed by atoms with Crippen LogP contribution in [0.1, 0.15) is 31.2 Å². The van der Waals surface area contributed by atoms with E-state index in [1.807, 2.05) is 6.07 Å². The highest BCUT2D eigenvalue weighted by Gasteiger charge is 2.46. The first kappa shape index (κ1) is 11.5. The van der Waals surface area contributed by atoms with E-state index in [1.54, 1.807) is 12.3 Å². The molecule has 1 aromatic rings. The predicted molar refractivity (Wildman–Crippen MR) is 67.0 cm³/mol. The van der Waals surface area contributed by atoms with E-state index in [0.29, 0.717) is 17.2 Å². The van der Waals surface area contributed by atoms with Gasteiger partial charge >= 0.3 is 0 Å². The summed E-state index contributed by atoms with van der Waals surface area (Å²) in [6, 6.07) is 4.68. The minimum atomic E-state index is -0.712. The van der Waals surface area contributed by atoms with Crippen molar-refractivity contribution in [2.24, 2.45) is 0 Å². The van der Waals surface area contributed by atoms with Crippen molar-refractivity contribution in [3.8, 4) is 0 Å². The van der Waals surface area contributed by atoms with Gasteiger partial charge in [-0.2, -0.15) is 0 Å². The van der Waals surface area contributed by atoms with Gasteiger partial charge in [0.1, 0.15) is 5.15 Å². The van der Waals surface area contributed by atoms with Crippen molar-refractivity contribution in [2.45, 2.75) is 43.4 Å². The first-order chi connectivity index (χ1) is 8.08. The Morgan fingerprint density at radius 1 is 1.35 bits per heavy atom. The van der Waals surface area contributed by atoms with Crippen molar-refractivity contribution in [1.29, 1.82) is 0 Å². The molecular weight excluding hydrogens is 236 g/mol. The van der Waals surface area contributed by atoms with E-state index in [9.17, 15) is 5.11 Å². The molecule has 4 heteroatoms. The molecule has 0 aliphatic carbocycles. The number of aromatic nitrogens is 1. The molecule has 2 unspecified atom stereocenters. The fourth-order valence-electron chi connectivity index (χ4n) is 3.33. The van der Waals surface area contributed by atoms with Gasteiger partial charge in [0.15, 0.2) is 0 Å². The Bertz CT molecular complexity index is 406. The van der Waals surface area contributed by atoms with E-state index >= 15 is 0 Å². The van der Waals surface area contributed by atoms with Gasteiger partial charge in [-0.1, -0.05) is 17.7 Å². The summed E-state index contributed by atoms with van der Waals surface area (Å²) in [5, 5.41) is 11.3. The average molecular weight is 253 g/mol. The highest BCUT2D eigenvalue weighted by atomic mass is 35.5. The highest BCUT2D eigenvalue weighted by Crippen LogP contribution is 2.44. The van der Waals surface area contributed by atoms with E-state index in [-0.39, 0.29) is 0 Å². The molecule has 2 atom stereocenters. The van der Waals surface area contributed by atoms with Gasteiger partial charge in [0.2, 0.25) is 0 Å². The van der Waals surface area contributed by atoms with Gasteiger partial charge in [-0.15, -0.1) is 0 Å². The smallest absolute Gasteiger partial charge is 0.129 e. The maximum Gasteiger partial charge on any atom is 0.129 e. The molecule has 0 amide bonds. The Morgan fingerprint density at radius 3 is 2.53 bits per heavy atom. The molecule has 2 aliphatic rings. The van der Waals surface area contributed by atoms with Crippen LogP contribution in [0.5, 0.6) is 0 Å². The first-order valence-electron chi connectivity index (χ1n) is 6.15. The van der Waals surface area contributed by atoms with Crippen molar-refractivity contribution in [1.82, 2.24) is 9.88 Å². The number of piperidine rings is 1. The first-order valence-corrected chi connectivity index (χ1v) is 6.53. The molecule has 17 heavy (non-hydrogen) atoms. The van der Waals surface area contributed by atoms with Crippen LogP contribution in [0.3, 0.4) is 0 Å². The van der Waals surface area contributed by atoms with E-state index in [1.165, 1.54) is 12.8 Å². The Morgan fingerprint density at radius 2 is 2.00 bits per heavy atom. The molecule has 92 valence electrons. The largest absolute Gasteiger partial charge is 0.385 e. The molecule has 0 radical (unpaired) electrons. The summed E-state index contributed by atoms with van der Waals surface area (Å²) in [5.41, 5.74) is 0.197. The molecule has 2 aliphatic heterocycles. The van der Waals surface area contributed by atoms with Gasteiger partial charge in [-0.05, 0) is 38.8 Å². The summed E-state index contributed by atoms with van der Waals surface area (Å²) in [4.78, 5) is 6.50. The molecule has 3 heterocycles. The number of rotatable bonds is 1. The summed E-state index contributed by atoms with van der Waals surface area (Å²) in [6.45, 7) is 0. The molecule has 0 aromatic carbocycles. The Hall–Kier alpha value is -0.640. The maximum absolute atomic E-state index is 10.8. The molecule has 3 rings (SSSR count). The molecular formula is C13H17ClN2O. The number of halogens is 1. The van der Waals surface area contributed by atoms with Crippen LogP contribution in [0.25, 0.3) is 0 Å². The third kappa shape index (κ3) is 1.86. The van der Waals surface area contributed by atoms with Crippen molar-refractivity contribution in [2.75, 3.05) is 7.05 Å². The monoisotopic (exact) mass is 252 g/mol. The number of hydrogen-bond acceptors (Lipinski definition) is 3. The molecule has 1 aromatic heterocycles. The number of nitrogens with zero attached hydrogens (tertiary/aromatic N) is 2. The van der Waals surface area contributed by atoms with Crippen LogP contribution < -0.4 is 0 Å². The third-order valence-electron chi connectivity index (χ3n) is 4.40. The van der Waals surface area contributed by atoms with Crippen molar-refractivity contribution in [3.05, 3.63) is 29.0 Å². The zero-order chi connectivity index (χ0) is 12.0. The van der Waals surface area contributed by atoms with Crippen LogP contribution in [0.15, 0.2) is 18.3 Å². The zero-order valence-corrected chi connectivity index (χ0v) is 10.7. The van der Waals surface area contributed by atoms with Gasteiger partial charge < -0.3 is 10.0 Å². The Balaban J connectivity index is 1.90. The summed E-state index contributed by atoms with van der Waals surface area (Å²) >= 11 is 5.79. The van der Waals surface area contributed by atoms with Crippen LogP contribution in [0.2, 0.25) is 5.15 Å². The molecule has 2 bridgehead atoms. The Labute approximate surface area is 106 Å². The lowest BCUT2D eigenvalue weighted by Crippen LogP contribution is -2.47. The fourth-order valence-corrected chi connectivity index (χ4v) is 3.44. The highest BCUT2D eigenvalue weighted by molar-refractivity contribution is 6.29. The molecule has 0 spiro atoms. The van der Waals surface area contributed by atoms with Crippen molar-refractivity contribution in [3.63, 3.8) is 0 Å². The number of aliphatic hydroxyl groups is 1.